The number of rotatable bonds is 5. The zero-order valence-electron chi connectivity index (χ0n) is 8.50. The van der Waals surface area contributed by atoms with E-state index in [1.165, 1.54) is 24.3 Å². The van der Waals surface area contributed by atoms with Crippen molar-refractivity contribution in [3.8, 4) is 0 Å². The Morgan fingerprint density at radius 2 is 2.36 bits per heavy atom. The Morgan fingerprint density at radius 3 is 2.86 bits per heavy atom. The standard InChI is InChI=1S/C11H16BrNS/c1-13(7-10-3-2-6-14-10)9-11(8-12)4-5-11/h2-3,6H,4-5,7-9H2,1H3. The maximum Gasteiger partial charge on any atom is 0.0325 e. The molecule has 0 bridgehead atoms. The van der Waals surface area contributed by atoms with E-state index in [-0.39, 0.29) is 0 Å². The Morgan fingerprint density at radius 1 is 1.57 bits per heavy atom. The van der Waals surface area contributed by atoms with Crippen molar-refractivity contribution >= 4 is 27.3 Å². The number of nitrogens with zero attached hydrogens (tertiary/aromatic N) is 1. The molecule has 3 heteroatoms. The summed E-state index contributed by atoms with van der Waals surface area (Å²) in [5, 5.41) is 3.31. The Hall–Kier alpha value is 0.140. The first-order valence-electron chi connectivity index (χ1n) is 5.01. The van der Waals surface area contributed by atoms with Crippen molar-refractivity contribution in [1.29, 1.82) is 0 Å². The van der Waals surface area contributed by atoms with Crippen molar-refractivity contribution in [3.05, 3.63) is 22.4 Å². The van der Waals surface area contributed by atoms with Gasteiger partial charge in [0.2, 0.25) is 0 Å². The van der Waals surface area contributed by atoms with Gasteiger partial charge >= 0.3 is 0 Å². The highest BCUT2D eigenvalue weighted by molar-refractivity contribution is 9.09. The summed E-state index contributed by atoms with van der Waals surface area (Å²) in [4.78, 5) is 3.91. The molecule has 0 atom stereocenters. The molecule has 1 nitrogen and oxygen atoms in total. The first-order chi connectivity index (χ1) is 6.74. The second-order valence-corrected chi connectivity index (χ2v) is 5.98. The van der Waals surface area contributed by atoms with Gasteiger partial charge in [-0.1, -0.05) is 22.0 Å². The lowest BCUT2D eigenvalue weighted by Crippen LogP contribution is -2.26. The van der Waals surface area contributed by atoms with Crippen LogP contribution in [0.4, 0.5) is 0 Å². The molecule has 1 saturated carbocycles. The lowest BCUT2D eigenvalue weighted by Gasteiger charge is -2.21. The number of thiophene rings is 1. The lowest BCUT2D eigenvalue weighted by atomic mass is 10.1. The van der Waals surface area contributed by atoms with Crippen LogP contribution in [0.15, 0.2) is 17.5 Å². The minimum atomic E-state index is 0.603. The molecule has 0 amide bonds. The molecule has 0 saturated heterocycles. The van der Waals surface area contributed by atoms with Gasteiger partial charge in [-0.3, -0.25) is 0 Å². The first kappa shape index (κ1) is 10.7. The molecule has 1 aromatic rings. The molecule has 1 aliphatic carbocycles. The number of hydrogen-bond donors (Lipinski definition) is 0. The SMILES string of the molecule is CN(Cc1cccs1)CC1(CBr)CC1. The zero-order valence-corrected chi connectivity index (χ0v) is 10.9. The third-order valence-electron chi connectivity index (χ3n) is 2.85. The van der Waals surface area contributed by atoms with Crippen LogP contribution in [-0.4, -0.2) is 23.8 Å². The maximum absolute atomic E-state index is 3.62. The highest BCUT2D eigenvalue weighted by Gasteiger charge is 2.42. The van der Waals surface area contributed by atoms with Crippen molar-refractivity contribution in [3.63, 3.8) is 0 Å². The molecule has 1 fully saturated rings. The minimum Gasteiger partial charge on any atom is -0.301 e. The summed E-state index contributed by atoms with van der Waals surface area (Å²) >= 11 is 5.47. The Labute approximate surface area is 98.2 Å². The molecule has 0 radical (unpaired) electrons. The third kappa shape index (κ3) is 2.59. The van der Waals surface area contributed by atoms with Crippen LogP contribution >= 0.6 is 27.3 Å². The van der Waals surface area contributed by atoms with E-state index in [0.717, 1.165) is 11.9 Å². The van der Waals surface area contributed by atoms with E-state index in [9.17, 15) is 0 Å². The van der Waals surface area contributed by atoms with Gasteiger partial charge < -0.3 is 4.90 Å². The van der Waals surface area contributed by atoms with Gasteiger partial charge in [-0.05, 0) is 36.8 Å². The molecule has 0 unspecified atom stereocenters. The van der Waals surface area contributed by atoms with Gasteiger partial charge in [-0.25, -0.2) is 0 Å². The van der Waals surface area contributed by atoms with Crippen molar-refractivity contribution in [2.75, 3.05) is 18.9 Å². The summed E-state index contributed by atoms with van der Waals surface area (Å²) in [6.07, 6.45) is 2.79. The largest absolute Gasteiger partial charge is 0.301 e. The molecule has 14 heavy (non-hydrogen) atoms. The molecular weight excluding hydrogens is 258 g/mol. The van der Waals surface area contributed by atoms with E-state index in [4.69, 9.17) is 0 Å². The summed E-state index contributed by atoms with van der Waals surface area (Å²) in [7, 11) is 2.22. The summed E-state index contributed by atoms with van der Waals surface area (Å²) in [5.74, 6) is 0. The number of alkyl halides is 1. The fraction of sp³-hybridized carbons (Fsp3) is 0.636. The van der Waals surface area contributed by atoms with Gasteiger partial charge in [0.15, 0.2) is 0 Å². The molecule has 78 valence electrons. The Balaban J connectivity index is 1.82. The third-order valence-corrected chi connectivity index (χ3v) is 4.90. The van der Waals surface area contributed by atoms with E-state index >= 15 is 0 Å². The molecule has 0 N–H and O–H groups in total. The van der Waals surface area contributed by atoms with Gasteiger partial charge in [-0.15, -0.1) is 11.3 Å². The fourth-order valence-corrected chi connectivity index (χ4v) is 3.33. The second-order valence-electron chi connectivity index (χ2n) is 4.39. The van der Waals surface area contributed by atoms with Gasteiger partial charge in [-0.2, -0.15) is 0 Å². The fourth-order valence-electron chi connectivity index (χ4n) is 1.81. The van der Waals surface area contributed by atoms with Gasteiger partial charge in [0.25, 0.3) is 0 Å². The van der Waals surface area contributed by atoms with Crippen LogP contribution in [0.1, 0.15) is 17.7 Å². The number of halogens is 1. The number of hydrogen-bond acceptors (Lipinski definition) is 2. The van der Waals surface area contributed by atoms with E-state index in [0.29, 0.717) is 5.41 Å². The molecule has 0 aromatic carbocycles. The van der Waals surface area contributed by atoms with Gasteiger partial charge in [0.05, 0.1) is 0 Å². The predicted molar refractivity (Wildman–Crippen MR) is 66.1 cm³/mol. The van der Waals surface area contributed by atoms with Crippen LogP contribution in [-0.2, 0) is 6.54 Å². The summed E-state index contributed by atoms with van der Waals surface area (Å²) < 4.78 is 0. The van der Waals surface area contributed by atoms with Crippen molar-refractivity contribution in [2.24, 2.45) is 5.41 Å². The Bertz CT molecular complexity index is 279. The van der Waals surface area contributed by atoms with Gasteiger partial charge in [0.1, 0.15) is 0 Å². The first-order valence-corrected chi connectivity index (χ1v) is 7.01. The molecule has 0 aliphatic heterocycles. The van der Waals surface area contributed by atoms with Crippen LogP contribution in [0, 0.1) is 5.41 Å². The smallest absolute Gasteiger partial charge is 0.0325 e. The average Bonchev–Trinajstić information content (AvgIpc) is 2.74. The van der Waals surface area contributed by atoms with E-state index in [2.05, 4.69) is 45.4 Å². The highest BCUT2D eigenvalue weighted by atomic mass is 79.9. The zero-order chi connectivity index (χ0) is 10.0. The molecule has 0 spiro atoms. The minimum absolute atomic E-state index is 0.603. The van der Waals surface area contributed by atoms with Crippen LogP contribution < -0.4 is 0 Å². The monoisotopic (exact) mass is 273 g/mol. The van der Waals surface area contributed by atoms with Crippen LogP contribution in [0.2, 0.25) is 0 Å². The summed E-state index contributed by atoms with van der Waals surface area (Å²) in [6.45, 7) is 2.34. The van der Waals surface area contributed by atoms with Crippen molar-refractivity contribution in [1.82, 2.24) is 4.90 Å². The van der Waals surface area contributed by atoms with Crippen LogP contribution in [0.3, 0.4) is 0 Å². The Kier molecular flexibility index (Phi) is 3.30. The van der Waals surface area contributed by atoms with E-state index in [1.54, 1.807) is 0 Å². The van der Waals surface area contributed by atoms with E-state index in [1.807, 2.05) is 11.3 Å². The highest BCUT2D eigenvalue weighted by Crippen LogP contribution is 2.47. The summed E-state index contributed by atoms with van der Waals surface area (Å²) in [6, 6.07) is 4.35. The topological polar surface area (TPSA) is 3.24 Å². The van der Waals surface area contributed by atoms with Crippen LogP contribution in [0.5, 0.6) is 0 Å². The quantitative estimate of drug-likeness (QED) is 0.744. The molecular formula is C11H16BrNS. The normalized spacial score (nSPS) is 18.8. The molecule has 1 aromatic heterocycles. The summed E-state index contributed by atoms with van der Waals surface area (Å²) in [5.41, 5.74) is 0.603. The van der Waals surface area contributed by atoms with E-state index < -0.39 is 0 Å². The van der Waals surface area contributed by atoms with Gasteiger partial charge in [0, 0.05) is 23.3 Å². The maximum atomic E-state index is 3.62. The lowest BCUT2D eigenvalue weighted by molar-refractivity contribution is 0.273. The molecule has 2 rings (SSSR count). The van der Waals surface area contributed by atoms with Crippen LogP contribution in [0.25, 0.3) is 0 Å². The molecule has 1 heterocycles. The van der Waals surface area contributed by atoms with Crippen molar-refractivity contribution in [2.45, 2.75) is 19.4 Å². The van der Waals surface area contributed by atoms with Crippen molar-refractivity contribution < 1.29 is 0 Å². The average molecular weight is 274 g/mol. The second kappa shape index (κ2) is 4.33. The predicted octanol–water partition coefficient (Wildman–Crippen LogP) is 3.36. The molecule has 1 aliphatic rings.